The summed E-state index contributed by atoms with van der Waals surface area (Å²) < 4.78 is 48.3. The number of sulfone groups is 1. The third-order valence-corrected chi connectivity index (χ3v) is 7.41. The van der Waals surface area contributed by atoms with E-state index < -0.39 is 19.9 Å². The lowest BCUT2D eigenvalue weighted by atomic mass is 10.1. The van der Waals surface area contributed by atoms with Gasteiger partial charge in [-0.1, -0.05) is 24.3 Å². The molecule has 9 nitrogen and oxygen atoms in total. The van der Waals surface area contributed by atoms with E-state index in [0.717, 1.165) is 23.1 Å². The average molecular weight is 488 g/mol. The molecule has 1 aliphatic rings. The molecule has 0 unspecified atom stereocenters. The molecule has 4 rings (SSSR count). The Kier molecular flexibility index (Phi) is 6.63. The standard InChI is InChI=1S/C22H25N5O4S2/c1-32(28,29)26-20-8-4-18(5-9-20)21-10-11-23-22(25-21)24-19-6-2-17(3-7-19)16-27-12-14-33(30,31)15-13-27/h2-11,26H,12-16H2,1H3,(H,23,24,25). The Morgan fingerprint density at radius 3 is 2.21 bits per heavy atom. The first-order chi connectivity index (χ1) is 15.7. The van der Waals surface area contributed by atoms with Crippen LogP contribution in [0.15, 0.2) is 60.8 Å². The molecule has 33 heavy (non-hydrogen) atoms. The Balaban J connectivity index is 1.39. The van der Waals surface area contributed by atoms with Crippen molar-refractivity contribution < 1.29 is 16.8 Å². The Hall–Kier alpha value is -3.02. The van der Waals surface area contributed by atoms with Crippen LogP contribution in [0.1, 0.15) is 5.56 Å². The van der Waals surface area contributed by atoms with Gasteiger partial charge in [0.15, 0.2) is 9.84 Å². The zero-order valence-corrected chi connectivity index (χ0v) is 19.7. The third kappa shape index (κ3) is 6.73. The normalized spacial score (nSPS) is 16.3. The highest BCUT2D eigenvalue weighted by atomic mass is 32.2. The highest BCUT2D eigenvalue weighted by molar-refractivity contribution is 7.92. The van der Waals surface area contributed by atoms with Crippen molar-refractivity contribution in [3.8, 4) is 11.3 Å². The highest BCUT2D eigenvalue weighted by Gasteiger charge is 2.21. The number of sulfonamides is 1. The molecule has 0 bridgehead atoms. The van der Waals surface area contributed by atoms with Gasteiger partial charge < -0.3 is 5.32 Å². The molecule has 11 heteroatoms. The number of nitrogens with zero attached hydrogens (tertiary/aromatic N) is 3. The Morgan fingerprint density at radius 2 is 1.58 bits per heavy atom. The van der Waals surface area contributed by atoms with Gasteiger partial charge in [0.1, 0.15) is 0 Å². The monoisotopic (exact) mass is 487 g/mol. The van der Waals surface area contributed by atoms with Crippen molar-refractivity contribution in [3.05, 3.63) is 66.4 Å². The van der Waals surface area contributed by atoms with Gasteiger partial charge in [-0.2, -0.15) is 0 Å². The summed E-state index contributed by atoms with van der Waals surface area (Å²) in [6, 6.07) is 16.6. The van der Waals surface area contributed by atoms with Crippen molar-refractivity contribution in [1.82, 2.24) is 14.9 Å². The summed E-state index contributed by atoms with van der Waals surface area (Å²) in [4.78, 5) is 11.0. The third-order valence-electron chi connectivity index (χ3n) is 5.19. The molecule has 2 aromatic carbocycles. The van der Waals surface area contributed by atoms with Crippen molar-refractivity contribution >= 4 is 37.2 Å². The second-order valence-corrected chi connectivity index (χ2v) is 12.0. The number of rotatable bonds is 7. The molecule has 0 amide bonds. The molecule has 1 saturated heterocycles. The molecule has 0 atom stereocenters. The van der Waals surface area contributed by atoms with Crippen LogP contribution in [0, 0.1) is 0 Å². The number of anilines is 3. The van der Waals surface area contributed by atoms with Gasteiger partial charge in [-0.3, -0.25) is 9.62 Å². The predicted octanol–water partition coefficient (Wildman–Crippen LogP) is 2.49. The molecule has 0 saturated carbocycles. The van der Waals surface area contributed by atoms with E-state index in [2.05, 4.69) is 24.9 Å². The predicted molar refractivity (Wildman–Crippen MR) is 130 cm³/mol. The van der Waals surface area contributed by atoms with E-state index in [4.69, 9.17) is 0 Å². The average Bonchev–Trinajstić information content (AvgIpc) is 2.76. The molecular formula is C22H25N5O4S2. The lowest BCUT2D eigenvalue weighted by molar-refractivity contribution is 0.287. The first-order valence-electron chi connectivity index (χ1n) is 10.4. The van der Waals surface area contributed by atoms with E-state index in [9.17, 15) is 16.8 Å². The van der Waals surface area contributed by atoms with Crippen LogP contribution in [0.2, 0.25) is 0 Å². The number of hydrogen-bond donors (Lipinski definition) is 2. The largest absolute Gasteiger partial charge is 0.324 e. The van der Waals surface area contributed by atoms with Gasteiger partial charge in [-0.15, -0.1) is 0 Å². The van der Waals surface area contributed by atoms with Gasteiger partial charge >= 0.3 is 0 Å². The van der Waals surface area contributed by atoms with Gasteiger partial charge in [-0.25, -0.2) is 26.8 Å². The molecule has 2 N–H and O–H groups in total. The van der Waals surface area contributed by atoms with E-state index >= 15 is 0 Å². The van der Waals surface area contributed by atoms with Crippen molar-refractivity contribution in [1.29, 1.82) is 0 Å². The summed E-state index contributed by atoms with van der Waals surface area (Å²) in [7, 11) is -6.20. The molecule has 0 radical (unpaired) electrons. The van der Waals surface area contributed by atoms with E-state index in [1.807, 2.05) is 24.3 Å². The van der Waals surface area contributed by atoms with Crippen LogP contribution in [0.25, 0.3) is 11.3 Å². The van der Waals surface area contributed by atoms with Crippen LogP contribution >= 0.6 is 0 Å². The molecule has 1 aromatic heterocycles. The maximum Gasteiger partial charge on any atom is 0.229 e. The molecule has 3 aromatic rings. The smallest absolute Gasteiger partial charge is 0.229 e. The van der Waals surface area contributed by atoms with E-state index in [1.54, 1.807) is 36.5 Å². The van der Waals surface area contributed by atoms with Gasteiger partial charge in [0.2, 0.25) is 16.0 Å². The molecular weight excluding hydrogens is 462 g/mol. The maximum atomic E-state index is 11.6. The Morgan fingerprint density at radius 1 is 0.939 bits per heavy atom. The highest BCUT2D eigenvalue weighted by Crippen LogP contribution is 2.22. The second kappa shape index (κ2) is 9.46. The van der Waals surface area contributed by atoms with Crippen LogP contribution < -0.4 is 10.0 Å². The lowest BCUT2D eigenvalue weighted by Crippen LogP contribution is -2.39. The van der Waals surface area contributed by atoms with Gasteiger partial charge in [0.05, 0.1) is 23.5 Å². The van der Waals surface area contributed by atoms with E-state index in [0.29, 0.717) is 37.0 Å². The fraction of sp³-hybridized carbons (Fsp3) is 0.273. The molecule has 0 spiro atoms. The first kappa shape index (κ1) is 23.1. The van der Waals surface area contributed by atoms with E-state index in [1.165, 1.54) is 0 Å². The zero-order chi connectivity index (χ0) is 23.5. The summed E-state index contributed by atoms with van der Waals surface area (Å²) in [5, 5.41) is 3.19. The number of aromatic nitrogens is 2. The van der Waals surface area contributed by atoms with Gasteiger partial charge in [0, 0.05) is 42.8 Å². The van der Waals surface area contributed by atoms with Crippen molar-refractivity contribution in [3.63, 3.8) is 0 Å². The zero-order valence-electron chi connectivity index (χ0n) is 18.1. The van der Waals surface area contributed by atoms with Crippen molar-refractivity contribution in [2.24, 2.45) is 0 Å². The van der Waals surface area contributed by atoms with Crippen LogP contribution in [-0.2, 0) is 26.4 Å². The topological polar surface area (TPSA) is 121 Å². The number of nitrogens with one attached hydrogen (secondary N) is 2. The SMILES string of the molecule is CS(=O)(=O)Nc1ccc(-c2ccnc(Nc3ccc(CN4CCS(=O)(=O)CC4)cc3)n2)cc1. The molecule has 2 heterocycles. The minimum absolute atomic E-state index is 0.220. The summed E-state index contributed by atoms with van der Waals surface area (Å²) >= 11 is 0. The van der Waals surface area contributed by atoms with E-state index in [-0.39, 0.29) is 11.5 Å². The van der Waals surface area contributed by atoms with Crippen molar-refractivity contribution in [2.75, 3.05) is 40.9 Å². The summed E-state index contributed by atoms with van der Waals surface area (Å²) in [5.74, 6) is 0.883. The summed E-state index contributed by atoms with van der Waals surface area (Å²) in [5.41, 5.74) is 3.97. The second-order valence-electron chi connectivity index (χ2n) is 7.97. The fourth-order valence-corrected chi connectivity index (χ4v) is 5.33. The van der Waals surface area contributed by atoms with Crippen LogP contribution in [0.4, 0.5) is 17.3 Å². The minimum atomic E-state index is -3.32. The number of benzene rings is 2. The van der Waals surface area contributed by atoms with Crippen LogP contribution in [0.5, 0.6) is 0 Å². The number of hydrogen-bond acceptors (Lipinski definition) is 8. The molecule has 174 valence electrons. The van der Waals surface area contributed by atoms with Crippen LogP contribution in [-0.4, -0.2) is 62.6 Å². The minimum Gasteiger partial charge on any atom is -0.324 e. The summed E-state index contributed by atoms with van der Waals surface area (Å²) in [6.45, 7) is 1.84. The Bertz CT molecular complexity index is 1310. The van der Waals surface area contributed by atoms with Crippen molar-refractivity contribution in [2.45, 2.75) is 6.54 Å². The molecule has 0 aliphatic carbocycles. The first-order valence-corrected chi connectivity index (χ1v) is 14.1. The van der Waals surface area contributed by atoms with Gasteiger partial charge in [0.25, 0.3) is 0 Å². The fourth-order valence-electron chi connectivity index (χ4n) is 3.49. The van der Waals surface area contributed by atoms with Crippen LogP contribution in [0.3, 0.4) is 0 Å². The van der Waals surface area contributed by atoms with Gasteiger partial charge in [-0.05, 0) is 35.9 Å². The lowest BCUT2D eigenvalue weighted by Gasteiger charge is -2.26. The maximum absolute atomic E-state index is 11.6. The molecule has 1 aliphatic heterocycles. The quantitative estimate of drug-likeness (QED) is 0.521. The Labute approximate surface area is 193 Å². The summed E-state index contributed by atoms with van der Waals surface area (Å²) in [6.07, 6.45) is 2.77. The molecule has 1 fully saturated rings.